The van der Waals surface area contributed by atoms with Gasteiger partial charge >= 0.3 is 0 Å². The van der Waals surface area contributed by atoms with E-state index in [4.69, 9.17) is 16.3 Å². The molecule has 0 saturated heterocycles. The number of aromatic nitrogens is 2. The van der Waals surface area contributed by atoms with E-state index in [-0.39, 0.29) is 0 Å². The summed E-state index contributed by atoms with van der Waals surface area (Å²) in [6.07, 6.45) is 1.56. The lowest BCUT2D eigenvalue weighted by Crippen LogP contribution is -1.99. The van der Waals surface area contributed by atoms with Crippen LogP contribution in [0.5, 0.6) is 5.88 Å². The second kappa shape index (κ2) is 2.92. The monoisotopic (exact) mass is 160 g/mol. The van der Waals surface area contributed by atoms with E-state index in [9.17, 15) is 0 Å². The molecule has 0 N–H and O–H groups in total. The Morgan fingerprint density at radius 2 is 2.50 bits per heavy atom. The van der Waals surface area contributed by atoms with Gasteiger partial charge in [0.15, 0.2) is 0 Å². The second-order valence-corrected chi connectivity index (χ2v) is 2.26. The van der Waals surface area contributed by atoms with Gasteiger partial charge in [-0.1, -0.05) is 11.6 Å². The van der Waals surface area contributed by atoms with Crippen molar-refractivity contribution in [3.63, 3.8) is 0 Å². The molecule has 1 rings (SSSR count). The predicted molar refractivity (Wildman–Crippen MR) is 39.4 cm³/mol. The first-order valence-electron chi connectivity index (χ1n) is 3.06. The topological polar surface area (TPSA) is 27.1 Å². The second-order valence-electron chi connectivity index (χ2n) is 1.85. The maximum atomic E-state index is 5.72. The largest absolute Gasteiger partial charge is 0.477 e. The van der Waals surface area contributed by atoms with E-state index in [2.05, 4.69) is 5.10 Å². The molecular formula is C6H9ClN2O. The SMILES string of the molecule is CCOc1c(Cl)cnn1C. The highest BCUT2D eigenvalue weighted by atomic mass is 35.5. The summed E-state index contributed by atoms with van der Waals surface area (Å²) in [6.45, 7) is 2.52. The van der Waals surface area contributed by atoms with Gasteiger partial charge in [-0.2, -0.15) is 5.10 Å². The van der Waals surface area contributed by atoms with Gasteiger partial charge in [-0.25, -0.2) is 4.68 Å². The van der Waals surface area contributed by atoms with Crippen LogP contribution in [-0.4, -0.2) is 16.4 Å². The molecule has 0 amide bonds. The van der Waals surface area contributed by atoms with Crippen LogP contribution in [0.4, 0.5) is 0 Å². The van der Waals surface area contributed by atoms with Crippen molar-refractivity contribution in [1.82, 2.24) is 9.78 Å². The summed E-state index contributed by atoms with van der Waals surface area (Å²) in [4.78, 5) is 0. The molecule has 0 bridgehead atoms. The van der Waals surface area contributed by atoms with Gasteiger partial charge in [0.25, 0.3) is 0 Å². The number of hydrogen-bond donors (Lipinski definition) is 0. The molecule has 0 radical (unpaired) electrons. The predicted octanol–water partition coefficient (Wildman–Crippen LogP) is 1.47. The zero-order valence-electron chi connectivity index (χ0n) is 5.97. The molecule has 0 aliphatic rings. The number of nitrogens with zero attached hydrogens (tertiary/aromatic N) is 2. The molecule has 0 spiro atoms. The Balaban J connectivity index is 2.87. The van der Waals surface area contributed by atoms with Gasteiger partial charge in [0, 0.05) is 7.05 Å². The molecule has 0 atom stereocenters. The van der Waals surface area contributed by atoms with Gasteiger partial charge in [-0.05, 0) is 6.92 Å². The number of aryl methyl sites for hydroxylation is 1. The number of halogens is 1. The Hall–Kier alpha value is -0.700. The van der Waals surface area contributed by atoms with Crippen molar-refractivity contribution in [2.75, 3.05) is 6.61 Å². The molecule has 1 heterocycles. The average Bonchev–Trinajstić information content (AvgIpc) is 2.20. The zero-order valence-corrected chi connectivity index (χ0v) is 6.72. The molecule has 56 valence electrons. The van der Waals surface area contributed by atoms with Crippen LogP contribution < -0.4 is 4.74 Å². The summed E-state index contributed by atoms with van der Waals surface area (Å²) >= 11 is 5.72. The fourth-order valence-corrected chi connectivity index (χ4v) is 0.919. The van der Waals surface area contributed by atoms with Crippen molar-refractivity contribution < 1.29 is 4.74 Å². The fourth-order valence-electron chi connectivity index (χ4n) is 0.699. The third-order valence-electron chi connectivity index (χ3n) is 1.12. The van der Waals surface area contributed by atoms with Gasteiger partial charge < -0.3 is 4.74 Å². The fraction of sp³-hybridized carbons (Fsp3) is 0.500. The third-order valence-corrected chi connectivity index (χ3v) is 1.38. The maximum absolute atomic E-state index is 5.72. The van der Waals surface area contributed by atoms with E-state index in [0.717, 1.165) is 0 Å². The normalized spacial score (nSPS) is 9.90. The van der Waals surface area contributed by atoms with Crippen molar-refractivity contribution >= 4 is 11.6 Å². The summed E-state index contributed by atoms with van der Waals surface area (Å²) < 4.78 is 6.78. The molecule has 0 unspecified atom stereocenters. The van der Waals surface area contributed by atoms with Gasteiger partial charge in [0.2, 0.25) is 5.88 Å². The molecule has 1 aromatic heterocycles. The molecule has 0 aliphatic carbocycles. The Labute approximate surface area is 64.6 Å². The highest BCUT2D eigenvalue weighted by molar-refractivity contribution is 6.31. The third kappa shape index (κ3) is 1.24. The van der Waals surface area contributed by atoms with Crippen LogP contribution in [0.25, 0.3) is 0 Å². The summed E-state index contributed by atoms with van der Waals surface area (Å²) in [5.74, 6) is 0.629. The molecule has 0 aliphatic heterocycles. The average molecular weight is 161 g/mol. The van der Waals surface area contributed by atoms with Gasteiger partial charge in [0.05, 0.1) is 12.8 Å². The Bertz CT molecular complexity index is 202. The maximum Gasteiger partial charge on any atom is 0.230 e. The van der Waals surface area contributed by atoms with Crippen LogP contribution in [0.2, 0.25) is 5.02 Å². The van der Waals surface area contributed by atoms with E-state index >= 15 is 0 Å². The first-order chi connectivity index (χ1) is 4.75. The smallest absolute Gasteiger partial charge is 0.230 e. The van der Waals surface area contributed by atoms with Crippen LogP contribution in [0.15, 0.2) is 6.20 Å². The summed E-state index contributed by atoms with van der Waals surface area (Å²) in [7, 11) is 1.79. The van der Waals surface area contributed by atoms with E-state index in [1.165, 1.54) is 0 Å². The quantitative estimate of drug-likeness (QED) is 0.655. The highest BCUT2D eigenvalue weighted by Crippen LogP contribution is 2.21. The van der Waals surface area contributed by atoms with E-state index in [0.29, 0.717) is 17.5 Å². The molecule has 4 heteroatoms. The minimum absolute atomic E-state index is 0.560. The van der Waals surface area contributed by atoms with Gasteiger partial charge in [-0.3, -0.25) is 0 Å². The van der Waals surface area contributed by atoms with E-state index in [1.54, 1.807) is 17.9 Å². The minimum Gasteiger partial charge on any atom is -0.477 e. The van der Waals surface area contributed by atoms with E-state index < -0.39 is 0 Å². The molecule has 10 heavy (non-hydrogen) atoms. The Morgan fingerprint density at radius 1 is 1.80 bits per heavy atom. The molecule has 0 saturated carbocycles. The summed E-state index contributed by atoms with van der Waals surface area (Å²) in [5, 5.41) is 4.45. The molecule has 0 fully saturated rings. The lowest BCUT2D eigenvalue weighted by molar-refractivity contribution is 0.309. The van der Waals surface area contributed by atoms with Crippen LogP contribution in [0.1, 0.15) is 6.92 Å². The Kier molecular flexibility index (Phi) is 2.17. The number of hydrogen-bond acceptors (Lipinski definition) is 2. The molecular weight excluding hydrogens is 152 g/mol. The van der Waals surface area contributed by atoms with Crippen LogP contribution in [0.3, 0.4) is 0 Å². The lowest BCUT2D eigenvalue weighted by Gasteiger charge is -2.01. The minimum atomic E-state index is 0.560. The first-order valence-corrected chi connectivity index (χ1v) is 3.43. The van der Waals surface area contributed by atoms with Crippen molar-refractivity contribution in [2.24, 2.45) is 7.05 Å². The zero-order chi connectivity index (χ0) is 7.56. The van der Waals surface area contributed by atoms with Crippen molar-refractivity contribution in [1.29, 1.82) is 0 Å². The van der Waals surface area contributed by atoms with Gasteiger partial charge in [0.1, 0.15) is 5.02 Å². The summed E-state index contributed by atoms with van der Waals surface area (Å²) in [6, 6.07) is 0. The number of ether oxygens (including phenoxy) is 1. The molecule has 1 aromatic rings. The van der Waals surface area contributed by atoms with Gasteiger partial charge in [-0.15, -0.1) is 0 Å². The Morgan fingerprint density at radius 3 is 2.90 bits per heavy atom. The highest BCUT2D eigenvalue weighted by Gasteiger charge is 2.04. The lowest BCUT2D eigenvalue weighted by atomic mass is 10.7. The molecule has 0 aromatic carbocycles. The standard InChI is InChI=1S/C6H9ClN2O/c1-3-10-6-5(7)4-8-9(6)2/h4H,3H2,1-2H3. The number of rotatable bonds is 2. The van der Waals surface area contributed by atoms with Crippen molar-refractivity contribution in [3.8, 4) is 5.88 Å². The van der Waals surface area contributed by atoms with Crippen molar-refractivity contribution in [3.05, 3.63) is 11.2 Å². The van der Waals surface area contributed by atoms with Crippen molar-refractivity contribution in [2.45, 2.75) is 6.92 Å². The molecule has 3 nitrogen and oxygen atoms in total. The van der Waals surface area contributed by atoms with Crippen LogP contribution in [0, 0.1) is 0 Å². The van der Waals surface area contributed by atoms with Crippen LogP contribution in [-0.2, 0) is 7.05 Å². The van der Waals surface area contributed by atoms with Crippen LogP contribution >= 0.6 is 11.6 Å². The summed E-state index contributed by atoms with van der Waals surface area (Å²) in [5.41, 5.74) is 0. The van der Waals surface area contributed by atoms with E-state index in [1.807, 2.05) is 6.92 Å². The first kappa shape index (κ1) is 7.41.